The first-order valence-corrected chi connectivity index (χ1v) is 5.25. The van der Waals surface area contributed by atoms with Crippen LogP contribution in [0.2, 0.25) is 0 Å². The monoisotopic (exact) mass is 201 g/mol. The summed E-state index contributed by atoms with van der Waals surface area (Å²) < 4.78 is 0. The highest BCUT2D eigenvalue weighted by molar-refractivity contribution is 5.95. The van der Waals surface area contributed by atoms with E-state index in [-0.39, 0.29) is 5.91 Å². The van der Waals surface area contributed by atoms with Crippen LogP contribution in [-0.2, 0) is 0 Å². The second-order valence-corrected chi connectivity index (χ2v) is 3.92. The molecule has 1 aliphatic rings. The molecule has 0 bridgehead atoms. The third kappa shape index (κ3) is 1.80. The first-order valence-electron chi connectivity index (χ1n) is 5.25. The predicted molar refractivity (Wildman–Crippen MR) is 61.8 cm³/mol. The van der Waals surface area contributed by atoms with Gasteiger partial charge in [0.1, 0.15) is 0 Å². The van der Waals surface area contributed by atoms with E-state index in [0.29, 0.717) is 0 Å². The molecule has 1 aromatic rings. The predicted octanol–water partition coefficient (Wildman–Crippen LogP) is 2.48. The standard InChI is InChI=1S/C13H15NO/c1-3-11-5-6-12(9-10(11)2)13(15)14-7-4-8-14/h3,5-6,9H,1,4,7-8H2,2H3. The Morgan fingerprint density at radius 3 is 2.67 bits per heavy atom. The number of carbonyl (C=O) groups is 1. The summed E-state index contributed by atoms with van der Waals surface area (Å²) in [5.41, 5.74) is 2.99. The van der Waals surface area contributed by atoms with Gasteiger partial charge in [0.2, 0.25) is 0 Å². The molecule has 0 aliphatic carbocycles. The van der Waals surface area contributed by atoms with Crippen molar-refractivity contribution in [1.82, 2.24) is 4.90 Å². The van der Waals surface area contributed by atoms with Gasteiger partial charge in [-0.3, -0.25) is 4.79 Å². The van der Waals surface area contributed by atoms with E-state index in [1.807, 2.05) is 36.1 Å². The molecule has 0 saturated carbocycles. The Hall–Kier alpha value is -1.57. The molecule has 1 saturated heterocycles. The number of nitrogens with zero attached hydrogens (tertiary/aromatic N) is 1. The molecule has 0 N–H and O–H groups in total. The largest absolute Gasteiger partial charge is 0.339 e. The number of aryl methyl sites for hydroxylation is 1. The van der Waals surface area contributed by atoms with Crippen LogP contribution in [0.4, 0.5) is 0 Å². The number of rotatable bonds is 2. The molecule has 15 heavy (non-hydrogen) atoms. The van der Waals surface area contributed by atoms with Gasteiger partial charge in [0.05, 0.1) is 0 Å². The van der Waals surface area contributed by atoms with E-state index in [4.69, 9.17) is 0 Å². The van der Waals surface area contributed by atoms with Crippen LogP contribution in [-0.4, -0.2) is 23.9 Å². The molecule has 1 amide bonds. The first-order chi connectivity index (χ1) is 7.22. The number of hydrogen-bond donors (Lipinski definition) is 0. The minimum absolute atomic E-state index is 0.153. The van der Waals surface area contributed by atoms with Gasteiger partial charge < -0.3 is 4.90 Å². The Morgan fingerprint density at radius 2 is 2.20 bits per heavy atom. The molecule has 78 valence electrons. The Balaban J connectivity index is 2.25. The van der Waals surface area contributed by atoms with Gasteiger partial charge in [-0.25, -0.2) is 0 Å². The smallest absolute Gasteiger partial charge is 0.253 e. The summed E-state index contributed by atoms with van der Waals surface area (Å²) in [4.78, 5) is 13.8. The zero-order valence-corrected chi connectivity index (χ0v) is 8.99. The minimum Gasteiger partial charge on any atom is -0.339 e. The molecular formula is C13H15NO. The molecule has 1 heterocycles. The van der Waals surface area contributed by atoms with E-state index >= 15 is 0 Å². The molecule has 0 radical (unpaired) electrons. The Kier molecular flexibility index (Phi) is 2.58. The van der Waals surface area contributed by atoms with Crippen LogP contribution in [0.15, 0.2) is 24.8 Å². The van der Waals surface area contributed by atoms with E-state index in [1.165, 1.54) is 0 Å². The Morgan fingerprint density at radius 1 is 1.47 bits per heavy atom. The van der Waals surface area contributed by atoms with Gasteiger partial charge >= 0.3 is 0 Å². The maximum atomic E-state index is 11.9. The van der Waals surface area contributed by atoms with Gasteiger partial charge in [0.25, 0.3) is 5.91 Å². The average molecular weight is 201 g/mol. The lowest BCUT2D eigenvalue weighted by Gasteiger charge is -2.31. The van der Waals surface area contributed by atoms with E-state index in [2.05, 4.69) is 6.58 Å². The van der Waals surface area contributed by atoms with Crippen molar-refractivity contribution in [3.05, 3.63) is 41.5 Å². The molecule has 0 unspecified atom stereocenters. The highest BCUT2D eigenvalue weighted by Crippen LogP contribution is 2.16. The van der Waals surface area contributed by atoms with Crippen LogP contribution in [0.5, 0.6) is 0 Å². The average Bonchev–Trinajstić information content (AvgIpc) is 2.15. The van der Waals surface area contributed by atoms with Crippen molar-refractivity contribution in [2.24, 2.45) is 0 Å². The summed E-state index contributed by atoms with van der Waals surface area (Å²) in [6, 6.07) is 5.78. The third-order valence-electron chi connectivity index (χ3n) is 2.88. The first kappa shape index (κ1) is 9.97. The summed E-state index contributed by atoms with van der Waals surface area (Å²) in [7, 11) is 0. The normalized spacial score (nSPS) is 14.6. The second kappa shape index (κ2) is 3.89. The molecule has 0 aromatic heterocycles. The van der Waals surface area contributed by atoms with Crippen LogP contribution in [0.1, 0.15) is 27.9 Å². The molecule has 2 nitrogen and oxygen atoms in total. The summed E-state index contributed by atoms with van der Waals surface area (Å²) >= 11 is 0. The summed E-state index contributed by atoms with van der Waals surface area (Å²) in [5.74, 6) is 0.153. The van der Waals surface area contributed by atoms with Gasteiger partial charge in [-0.2, -0.15) is 0 Å². The number of hydrogen-bond acceptors (Lipinski definition) is 1. The van der Waals surface area contributed by atoms with Gasteiger partial charge in [-0.05, 0) is 36.6 Å². The molecule has 1 aliphatic heterocycles. The van der Waals surface area contributed by atoms with Crippen LogP contribution in [0.25, 0.3) is 6.08 Å². The third-order valence-corrected chi connectivity index (χ3v) is 2.88. The fourth-order valence-corrected chi connectivity index (χ4v) is 1.74. The highest BCUT2D eigenvalue weighted by atomic mass is 16.2. The summed E-state index contributed by atoms with van der Waals surface area (Å²) in [6.07, 6.45) is 2.95. The van der Waals surface area contributed by atoms with Crippen molar-refractivity contribution in [2.75, 3.05) is 13.1 Å². The summed E-state index contributed by atoms with van der Waals surface area (Å²) in [6.45, 7) is 7.54. The highest BCUT2D eigenvalue weighted by Gasteiger charge is 2.21. The lowest BCUT2D eigenvalue weighted by atomic mass is 10.0. The number of likely N-dealkylation sites (tertiary alicyclic amines) is 1. The van der Waals surface area contributed by atoms with Gasteiger partial charge in [0, 0.05) is 18.7 Å². The van der Waals surface area contributed by atoms with E-state index in [9.17, 15) is 4.79 Å². The fourth-order valence-electron chi connectivity index (χ4n) is 1.74. The Bertz CT molecular complexity index is 405. The van der Waals surface area contributed by atoms with Crippen molar-refractivity contribution < 1.29 is 4.79 Å². The number of carbonyl (C=O) groups excluding carboxylic acids is 1. The van der Waals surface area contributed by atoms with Gasteiger partial charge in [0.15, 0.2) is 0 Å². The lowest BCUT2D eigenvalue weighted by Crippen LogP contribution is -2.42. The van der Waals surface area contributed by atoms with E-state index in [0.717, 1.165) is 36.2 Å². The van der Waals surface area contributed by atoms with Crippen molar-refractivity contribution >= 4 is 12.0 Å². The quantitative estimate of drug-likeness (QED) is 0.720. The number of benzene rings is 1. The van der Waals surface area contributed by atoms with Crippen LogP contribution in [0.3, 0.4) is 0 Å². The topological polar surface area (TPSA) is 20.3 Å². The van der Waals surface area contributed by atoms with E-state index < -0.39 is 0 Å². The Labute approximate surface area is 90.2 Å². The lowest BCUT2D eigenvalue weighted by molar-refractivity contribution is 0.0652. The van der Waals surface area contributed by atoms with Gasteiger partial charge in [-0.15, -0.1) is 0 Å². The molecule has 0 atom stereocenters. The minimum atomic E-state index is 0.153. The van der Waals surface area contributed by atoms with Crippen LogP contribution in [0, 0.1) is 6.92 Å². The zero-order chi connectivity index (χ0) is 10.8. The van der Waals surface area contributed by atoms with Crippen molar-refractivity contribution in [1.29, 1.82) is 0 Å². The molecule has 1 aromatic carbocycles. The second-order valence-electron chi connectivity index (χ2n) is 3.92. The van der Waals surface area contributed by atoms with Crippen molar-refractivity contribution in [3.8, 4) is 0 Å². The van der Waals surface area contributed by atoms with Crippen molar-refractivity contribution in [3.63, 3.8) is 0 Å². The summed E-state index contributed by atoms with van der Waals surface area (Å²) in [5, 5.41) is 0. The van der Waals surface area contributed by atoms with Crippen LogP contribution >= 0.6 is 0 Å². The van der Waals surface area contributed by atoms with Crippen LogP contribution < -0.4 is 0 Å². The zero-order valence-electron chi connectivity index (χ0n) is 8.99. The fraction of sp³-hybridized carbons (Fsp3) is 0.308. The molecule has 0 spiro atoms. The molecule has 2 rings (SSSR count). The number of amides is 1. The maximum Gasteiger partial charge on any atom is 0.253 e. The maximum absolute atomic E-state index is 11.9. The molecule has 2 heteroatoms. The molecule has 1 fully saturated rings. The SMILES string of the molecule is C=Cc1ccc(C(=O)N2CCC2)cc1C. The van der Waals surface area contributed by atoms with Gasteiger partial charge in [-0.1, -0.05) is 18.7 Å². The van der Waals surface area contributed by atoms with Crippen molar-refractivity contribution in [2.45, 2.75) is 13.3 Å². The van der Waals surface area contributed by atoms with E-state index in [1.54, 1.807) is 0 Å². The molecular weight excluding hydrogens is 186 g/mol.